The molecule has 5 heteroatoms. The lowest BCUT2D eigenvalue weighted by Gasteiger charge is -2.25. The van der Waals surface area contributed by atoms with E-state index >= 15 is 0 Å². The summed E-state index contributed by atoms with van der Waals surface area (Å²) < 4.78 is 13.2. The van der Waals surface area contributed by atoms with Crippen LogP contribution in [0.2, 0.25) is 0 Å². The van der Waals surface area contributed by atoms with E-state index in [0.717, 1.165) is 16.8 Å². The second kappa shape index (κ2) is 6.95. The fraction of sp³-hybridized carbons (Fsp3) is 0.455. The van der Waals surface area contributed by atoms with Crippen LogP contribution >= 0.6 is 0 Å². The normalized spacial score (nSPS) is 19.0. The van der Waals surface area contributed by atoms with Crippen LogP contribution in [0.5, 0.6) is 0 Å². The third-order valence-corrected chi connectivity index (χ3v) is 4.74. The highest BCUT2D eigenvalue weighted by Crippen LogP contribution is 2.30. The molecule has 142 valence electrons. The van der Waals surface area contributed by atoms with Gasteiger partial charge in [-0.2, -0.15) is 5.26 Å². The number of ether oxygens (including phenoxy) is 2. The van der Waals surface area contributed by atoms with Crippen LogP contribution in [0, 0.1) is 11.3 Å². The van der Waals surface area contributed by atoms with Gasteiger partial charge < -0.3 is 14.0 Å². The zero-order valence-corrected chi connectivity index (χ0v) is 16.6. The van der Waals surface area contributed by atoms with E-state index in [9.17, 15) is 10.1 Å². The van der Waals surface area contributed by atoms with Crippen molar-refractivity contribution in [2.45, 2.75) is 58.5 Å². The predicted molar refractivity (Wildman–Crippen MR) is 104 cm³/mol. The molecule has 1 saturated heterocycles. The first-order valence-corrected chi connectivity index (χ1v) is 9.18. The molecule has 1 aromatic carbocycles. The van der Waals surface area contributed by atoms with Gasteiger partial charge in [-0.1, -0.05) is 51.1 Å². The van der Waals surface area contributed by atoms with Crippen molar-refractivity contribution in [2.24, 2.45) is 0 Å². The van der Waals surface area contributed by atoms with Gasteiger partial charge in [-0.25, -0.2) is 0 Å². The first-order valence-electron chi connectivity index (χ1n) is 9.18. The van der Waals surface area contributed by atoms with Gasteiger partial charge in [0.25, 0.3) is 5.56 Å². The van der Waals surface area contributed by atoms with E-state index in [1.54, 1.807) is 4.57 Å². The van der Waals surface area contributed by atoms with Gasteiger partial charge in [0, 0.05) is 0 Å². The van der Waals surface area contributed by atoms with Crippen LogP contribution in [0.25, 0.3) is 11.3 Å². The van der Waals surface area contributed by atoms with Crippen molar-refractivity contribution in [3.05, 3.63) is 57.9 Å². The fourth-order valence-corrected chi connectivity index (χ4v) is 3.43. The Morgan fingerprint density at radius 3 is 2.44 bits per heavy atom. The first-order chi connectivity index (χ1) is 12.6. The van der Waals surface area contributed by atoms with Crippen molar-refractivity contribution in [2.75, 3.05) is 6.61 Å². The Kier molecular flexibility index (Phi) is 4.98. The van der Waals surface area contributed by atoms with Crippen molar-refractivity contribution in [1.29, 1.82) is 5.26 Å². The van der Waals surface area contributed by atoms with E-state index in [2.05, 4.69) is 6.07 Å². The smallest absolute Gasteiger partial charge is 0.269 e. The average molecular weight is 366 g/mol. The summed E-state index contributed by atoms with van der Waals surface area (Å²) in [7, 11) is 0. The summed E-state index contributed by atoms with van der Waals surface area (Å²) in [5, 5.41) is 9.67. The van der Waals surface area contributed by atoms with E-state index < -0.39 is 5.79 Å². The van der Waals surface area contributed by atoms with Crippen LogP contribution < -0.4 is 5.56 Å². The van der Waals surface area contributed by atoms with Gasteiger partial charge in [-0.05, 0) is 36.5 Å². The molecule has 0 radical (unpaired) electrons. The molecule has 0 saturated carbocycles. The third-order valence-electron chi connectivity index (χ3n) is 4.74. The molecule has 0 aliphatic carbocycles. The molecular formula is C22H26N2O3. The number of nitriles is 1. The molecule has 1 atom stereocenters. The molecule has 0 bridgehead atoms. The summed E-state index contributed by atoms with van der Waals surface area (Å²) in [5.41, 5.74) is 2.08. The summed E-state index contributed by atoms with van der Waals surface area (Å²) in [6, 6.07) is 13.9. The Morgan fingerprint density at radius 2 is 1.93 bits per heavy atom. The Morgan fingerprint density at radius 1 is 1.26 bits per heavy atom. The topological polar surface area (TPSA) is 64.2 Å². The van der Waals surface area contributed by atoms with Crippen molar-refractivity contribution >= 4 is 0 Å². The summed E-state index contributed by atoms with van der Waals surface area (Å²) >= 11 is 0. The number of rotatable bonds is 3. The van der Waals surface area contributed by atoms with Crippen molar-refractivity contribution in [3.63, 3.8) is 0 Å². The van der Waals surface area contributed by atoms with Gasteiger partial charge in [0.1, 0.15) is 17.7 Å². The minimum atomic E-state index is -0.662. The summed E-state index contributed by atoms with van der Waals surface area (Å²) in [6.07, 6.45) is -0.243. The minimum Gasteiger partial charge on any atom is -0.348 e. The first kappa shape index (κ1) is 19.3. The maximum atomic E-state index is 13.3. The molecule has 1 aliphatic rings. The maximum Gasteiger partial charge on any atom is 0.269 e. The zero-order valence-electron chi connectivity index (χ0n) is 16.6. The number of hydrogen-bond acceptors (Lipinski definition) is 4. The second-order valence-corrected chi connectivity index (χ2v) is 8.41. The number of nitrogens with zero attached hydrogens (tertiary/aromatic N) is 2. The molecule has 1 aliphatic heterocycles. The lowest BCUT2D eigenvalue weighted by atomic mass is 9.83. The average Bonchev–Trinajstić information content (AvgIpc) is 2.94. The SMILES string of the molecule is CC1(C)OCC(Cn2c(-c3ccccc3)cc(C(C)(C)C)c(C#N)c2=O)O1. The van der Waals surface area contributed by atoms with E-state index in [-0.39, 0.29) is 22.6 Å². The molecule has 0 amide bonds. The van der Waals surface area contributed by atoms with Crippen LogP contribution in [0.3, 0.4) is 0 Å². The molecule has 5 nitrogen and oxygen atoms in total. The summed E-state index contributed by atoms with van der Waals surface area (Å²) in [6.45, 7) is 10.5. The fourth-order valence-electron chi connectivity index (χ4n) is 3.43. The van der Waals surface area contributed by atoms with E-state index in [4.69, 9.17) is 9.47 Å². The molecule has 27 heavy (non-hydrogen) atoms. The molecule has 1 aromatic heterocycles. The Hall–Kier alpha value is -2.42. The number of benzene rings is 1. The molecule has 3 rings (SSSR count). The molecule has 0 N–H and O–H groups in total. The minimum absolute atomic E-state index is 0.195. The van der Waals surface area contributed by atoms with Crippen molar-refractivity contribution < 1.29 is 9.47 Å². The highest BCUT2D eigenvalue weighted by molar-refractivity contribution is 5.62. The zero-order chi connectivity index (χ0) is 19.8. The van der Waals surface area contributed by atoms with Gasteiger partial charge in [0.2, 0.25) is 0 Å². The molecule has 0 spiro atoms. The van der Waals surface area contributed by atoms with Crippen molar-refractivity contribution in [1.82, 2.24) is 4.57 Å². The second-order valence-electron chi connectivity index (χ2n) is 8.41. The Balaban J connectivity index is 2.19. The van der Waals surface area contributed by atoms with Crippen LogP contribution in [-0.4, -0.2) is 23.1 Å². The Bertz CT molecular complexity index is 931. The lowest BCUT2D eigenvalue weighted by Crippen LogP contribution is -2.34. The van der Waals surface area contributed by atoms with E-state index in [0.29, 0.717) is 13.2 Å². The number of hydrogen-bond donors (Lipinski definition) is 0. The van der Waals surface area contributed by atoms with Gasteiger partial charge >= 0.3 is 0 Å². The lowest BCUT2D eigenvalue weighted by molar-refractivity contribution is -0.139. The quantitative estimate of drug-likeness (QED) is 0.828. The van der Waals surface area contributed by atoms with Gasteiger partial charge in [-0.3, -0.25) is 4.79 Å². The third kappa shape index (κ3) is 3.97. The largest absolute Gasteiger partial charge is 0.348 e. The van der Waals surface area contributed by atoms with Gasteiger partial charge in [0.05, 0.1) is 18.8 Å². The highest BCUT2D eigenvalue weighted by Gasteiger charge is 2.34. The standard InChI is InChI=1S/C22H26N2O3/c1-21(2,3)18-11-19(15-9-7-6-8-10-15)24(20(25)17(18)12-23)13-16-14-26-22(4,5)27-16/h6-11,16H,13-14H2,1-5H3. The maximum absolute atomic E-state index is 13.3. The van der Waals surface area contributed by atoms with Crippen LogP contribution in [-0.2, 0) is 21.4 Å². The number of aromatic nitrogens is 1. The molecule has 1 unspecified atom stereocenters. The van der Waals surface area contributed by atoms with Crippen LogP contribution in [0.1, 0.15) is 45.7 Å². The van der Waals surface area contributed by atoms with E-state index in [1.165, 1.54) is 0 Å². The van der Waals surface area contributed by atoms with Gasteiger partial charge in [0.15, 0.2) is 5.79 Å². The molecular weight excluding hydrogens is 340 g/mol. The van der Waals surface area contributed by atoms with Crippen LogP contribution in [0.4, 0.5) is 0 Å². The molecule has 2 heterocycles. The van der Waals surface area contributed by atoms with E-state index in [1.807, 2.05) is 71.0 Å². The van der Waals surface area contributed by atoms with Crippen LogP contribution in [0.15, 0.2) is 41.2 Å². The summed E-state index contributed by atoms with van der Waals surface area (Å²) in [4.78, 5) is 13.3. The summed E-state index contributed by atoms with van der Waals surface area (Å²) in [5.74, 6) is -0.662. The monoisotopic (exact) mass is 366 g/mol. The van der Waals surface area contributed by atoms with Crippen molar-refractivity contribution in [3.8, 4) is 17.3 Å². The number of pyridine rings is 1. The molecule has 2 aromatic rings. The van der Waals surface area contributed by atoms with Gasteiger partial charge in [-0.15, -0.1) is 0 Å². The molecule has 1 fully saturated rings. The predicted octanol–water partition coefficient (Wildman–Crippen LogP) is 3.84. The Labute approximate surface area is 160 Å². The highest BCUT2D eigenvalue weighted by atomic mass is 16.7.